The predicted molar refractivity (Wildman–Crippen MR) is 108 cm³/mol. The molecule has 0 bridgehead atoms. The van der Waals surface area contributed by atoms with E-state index in [9.17, 15) is 34.1 Å². The molecule has 2 heterocycles. The molecule has 0 radical (unpaired) electrons. The van der Waals surface area contributed by atoms with Crippen molar-refractivity contribution in [3.05, 3.63) is 33.1 Å². The number of H-pyrrole nitrogens is 1. The number of aliphatic hydroxyl groups excluding tert-OH is 2. The molecular weight excluding hydrogens is 441 g/mol. The molecule has 1 fully saturated rings. The molecule has 12 nitrogen and oxygen atoms in total. The first-order valence-corrected chi connectivity index (χ1v) is 12.5. The molecule has 1 aromatic heterocycles. The van der Waals surface area contributed by atoms with Gasteiger partial charge in [-0.25, -0.2) is 9.36 Å². The maximum Gasteiger partial charge on any atom is 0.387 e. The van der Waals surface area contributed by atoms with E-state index < -0.39 is 49.2 Å². The number of aromatic amines is 1. The van der Waals surface area contributed by atoms with Crippen LogP contribution in [0.3, 0.4) is 0 Å². The minimum absolute atomic E-state index is 0.00199. The molecule has 2 rings (SSSR count). The number of nitrogens with one attached hydrogen (secondary N) is 2. The van der Waals surface area contributed by atoms with Crippen molar-refractivity contribution in [1.29, 1.82) is 0 Å². The molecule has 0 aliphatic carbocycles. The Hall–Kier alpha value is -1.47. The Bertz CT molecular complexity index is 876. The quantitative estimate of drug-likeness (QED) is 0.206. The average Bonchev–Trinajstić information content (AvgIpc) is 2.97. The smallest absolute Gasteiger partial charge is 0.387 e. The normalized spacial score (nSPS) is 25.7. The second-order valence-electron chi connectivity index (χ2n) is 6.58. The molecule has 1 saturated heterocycles. The first kappa shape index (κ1) is 24.8. The minimum Gasteiger partial charge on any atom is -0.394 e. The van der Waals surface area contributed by atoms with Crippen molar-refractivity contribution in [2.45, 2.75) is 50.7 Å². The second kappa shape index (κ2) is 11.2. The number of nitrogens with zero attached hydrogens (tertiary/aromatic N) is 1. The Morgan fingerprint density at radius 3 is 2.83 bits per heavy atom. The van der Waals surface area contributed by atoms with E-state index in [1.807, 2.05) is 11.9 Å². The van der Waals surface area contributed by atoms with Gasteiger partial charge in [0.25, 0.3) is 5.56 Å². The summed E-state index contributed by atoms with van der Waals surface area (Å²) in [5.74, 6) is -0.256. The van der Waals surface area contributed by atoms with Gasteiger partial charge in [0.1, 0.15) is 18.3 Å². The molecule has 1 unspecified atom stereocenters. The third-order valence-corrected chi connectivity index (χ3v) is 7.31. The molecule has 0 saturated carbocycles. The lowest BCUT2D eigenvalue weighted by Crippen LogP contribution is -2.38. The first-order valence-electron chi connectivity index (χ1n) is 9.36. The molecule has 1 aliphatic heterocycles. The van der Waals surface area contributed by atoms with Gasteiger partial charge < -0.3 is 25.2 Å². The van der Waals surface area contributed by atoms with Gasteiger partial charge in [-0.15, -0.1) is 0 Å². The molecule has 14 heteroatoms. The van der Waals surface area contributed by atoms with Crippen molar-refractivity contribution in [1.82, 2.24) is 14.9 Å². The van der Waals surface area contributed by atoms with E-state index in [-0.39, 0.29) is 18.1 Å². The van der Waals surface area contributed by atoms with Crippen molar-refractivity contribution in [2.24, 2.45) is 0 Å². The predicted octanol–water partition coefficient (Wildman–Crippen LogP) is -0.688. The summed E-state index contributed by atoms with van der Waals surface area (Å²) in [5.41, 5.74) is -1.51. The van der Waals surface area contributed by atoms with E-state index in [1.165, 1.54) is 0 Å². The van der Waals surface area contributed by atoms with Crippen LogP contribution in [0.15, 0.2) is 21.9 Å². The van der Waals surface area contributed by atoms with Crippen LogP contribution in [0.4, 0.5) is 0 Å². The zero-order valence-electron chi connectivity index (χ0n) is 16.3. The van der Waals surface area contributed by atoms with Gasteiger partial charge in [0.05, 0.1) is 6.61 Å². The lowest BCUT2D eigenvalue weighted by Gasteiger charge is -2.22. The Labute approximate surface area is 175 Å². The van der Waals surface area contributed by atoms with Crippen molar-refractivity contribution in [3.63, 3.8) is 0 Å². The highest BCUT2D eigenvalue weighted by molar-refractivity contribution is 8.54. The molecule has 1 amide bonds. The van der Waals surface area contributed by atoms with E-state index in [1.54, 1.807) is 0 Å². The van der Waals surface area contributed by atoms with E-state index in [0.717, 1.165) is 29.7 Å². The van der Waals surface area contributed by atoms with Crippen LogP contribution >= 0.6 is 18.2 Å². The molecule has 1 aromatic rings. The Morgan fingerprint density at radius 2 is 2.20 bits per heavy atom. The molecule has 1 aliphatic rings. The number of carbonyl (C=O) groups excluding carboxylic acids is 1. The number of carbonyl (C=O) groups is 1. The molecular formula is C16H26N3O9PS. The monoisotopic (exact) mass is 467 g/mol. The Balaban J connectivity index is 1.98. The van der Waals surface area contributed by atoms with E-state index in [4.69, 9.17) is 9.26 Å². The van der Waals surface area contributed by atoms with Gasteiger partial charge in [0.2, 0.25) is 5.91 Å². The summed E-state index contributed by atoms with van der Waals surface area (Å²) in [7, 11) is 0. The number of rotatable bonds is 11. The van der Waals surface area contributed by atoms with E-state index >= 15 is 0 Å². The van der Waals surface area contributed by atoms with Gasteiger partial charge in [-0.2, -0.15) is 0 Å². The van der Waals surface area contributed by atoms with Crippen LogP contribution in [0.1, 0.15) is 32.4 Å². The summed E-state index contributed by atoms with van der Waals surface area (Å²) in [6.45, 7) is -2.45. The third kappa shape index (κ3) is 6.77. The maximum absolute atomic E-state index is 12.4. The number of unbranched alkanes of at least 4 members (excludes halogenated alkanes) is 1. The highest BCUT2D eigenvalue weighted by Gasteiger charge is 2.48. The average molecular weight is 467 g/mol. The van der Waals surface area contributed by atoms with Gasteiger partial charge in [-0.3, -0.25) is 23.7 Å². The van der Waals surface area contributed by atoms with Gasteiger partial charge in [-0.05, 0) is 17.8 Å². The third-order valence-electron chi connectivity index (χ3n) is 4.31. The summed E-state index contributed by atoms with van der Waals surface area (Å²) >= 11 is 0.514. The lowest BCUT2D eigenvalue weighted by molar-refractivity contribution is -0.120. The molecule has 5 atom stereocenters. The minimum atomic E-state index is -4.31. The fourth-order valence-corrected chi connectivity index (χ4v) is 5.37. The summed E-state index contributed by atoms with van der Waals surface area (Å²) in [6, 6.07) is 1.04. The number of aliphatic hydroxyl groups is 2. The maximum atomic E-state index is 12.4. The molecule has 0 spiro atoms. The Kier molecular flexibility index (Phi) is 9.29. The van der Waals surface area contributed by atoms with Crippen LogP contribution in [-0.4, -0.2) is 67.8 Å². The van der Waals surface area contributed by atoms with Crippen LogP contribution in [0.25, 0.3) is 0 Å². The van der Waals surface area contributed by atoms with Gasteiger partial charge >= 0.3 is 12.5 Å². The number of hydrogen-bond donors (Lipinski definition) is 5. The topological polar surface area (TPSA) is 180 Å². The fraction of sp³-hybridized carbons (Fsp3) is 0.688. The summed E-state index contributed by atoms with van der Waals surface area (Å²) in [4.78, 5) is 46.9. The summed E-state index contributed by atoms with van der Waals surface area (Å²) < 4.78 is 23.8. The van der Waals surface area contributed by atoms with Gasteiger partial charge in [0.15, 0.2) is 6.23 Å². The van der Waals surface area contributed by atoms with Crippen molar-refractivity contribution in [3.8, 4) is 0 Å². The Morgan fingerprint density at radius 1 is 1.47 bits per heavy atom. The first-order chi connectivity index (χ1) is 14.2. The summed E-state index contributed by atoms with van der Waals surface area (Å²) in [6.07, 6.45) is -2.67. The van der Waals surface area contributed by atoms with E-state index in [2.05, 4.69) is 5.32 Å². The number of hydrogen-bond acceptors (Lipinski definition) is 9. The van der Waals surface area contributed by atoms with Crippen LogP contribution in [0.2, 0.25) is 0 Å². The number of amides is 1. The standard InChI is InChI=1S/C16H26N3O9PS/c1-2-3-6-17-11(21)5-8-30-29(25,26)28-14-10(9-20)27-15(13(14)23)19-7-4-12(22)18-16(19)24/h4,7,10,13-15,20,23H,2-3,5-6,8-9H2,1H3,(H,17,21)(H,25,26)(H,18,22,24)/t10-,13-,14-,15-/m1/s1. The second-order valence-corrected chi connectivity index (χ2v) is 10.6. The highest BCUT2D eigenvalue weighted by atomic mass is 32.7. The highest BCUT2D eigenvalue weighted by Crippen LogP contribution is 2.58. The molecule has 30 heavy (non-hydrogen) atoms. The van der Waals surface area contributed by atoms with Crippen LogP contribution in [0.5, 0.6) is 0 Å². The molecule has 170 valence electrons. The molecule has 0 aromatic carbocycles. The fourth-order valence-electron chi connectivity index (χ4n) is 2.79. The number of ether oxygens (including phenoxy) is 1. The van der Waals surface area contributed by atoms with Crippen LogP contribution in [0, 0.1) is 0 Å². The largest absolute Gasteiger partial charge is 0.394 e. The van der Waals surface area contributed by atoms with Crippen LogP contribution < -0.4 is 16.6 Å². The van der Waals surface area contributed by atoms with Crippen molar-refractivity contribution in [2.75, 3.05) is 18.9 Å². The van der Waals surface area contributed by atoms with Crippen molar-refractivity contribution < 1.29 is 33.7 Å². The van der Waals surface area contributed by atoms with Gasteiger partial charge in [-0.1, -0.05) is 13.3 Å². The molecule has 5 N–H and O–H groups in total. The van der Waals surface area contributed by atoms with Crippen LogP contribution in [-0.2, 0) is 18.6 Å². The van der Waals surface area contributed by atoms with E-state index in [0.29, 0.717) is 17.9 Å². The lowest BCUT2D eigenvalue weighted by atomic mass is 10.1. The van der Waals surface area contributed by atoms with Gasteiger partial charge in [0, 0.05) is 31.0 Å². The SMILES string of the molecule is CCCCNC(=O)CCSP(=O)(O)O[C@H]1[C@@H](O)[C@H](n2ccc(=O)[nH]c2=O)O[C@@H]1CO. The zero-order chi connectivity index (χ0) is 22.3. The van der Waals surface area contributed by atoms with Crippen molar-refractivity contribution >= 4 is 24.1 Å². The summed E-state index contributed by atoms with van der Waals surface area (Å²) in [5, 5.41) is 22.6. The zero-order valence-corrected chi connectivity index (χ0v) is 18.0. The number of aromatic nitrogens is 2.